The minimum Gasteiger partial charge on any atom is -0.463 e. The molecule has 12 heteroatoms. The van der Waals surface area contributed by atoms with E-state index in [2.05, 4.69) is 31.2 Å². The first-order valence-electron chi connectivity index (χ1n) is 10.4. The number of thioether (sulfide) groups is 1. The summed E-state index contributed by atoms with van der Waals surface area (Å²) in [5.74, 6) is -2.54. The van der Waals surface area contributed by atoms with Gasteiger partial charge in [-0.3, -0.25) is 4.99 Å². The predicted octanol–water partition coefficient (Wildman–Crippen LogP) is 3.19. The highest BCUT2D eigenvalue weighted by Crippen LogP contribution is 2.74. The number of hydrogen-bond donors (Lipinski definition) is 3. The van der Waals surface area contributed by atoms with Crippen molar-refractivity contribution < 1.29 is 23.0 Å². The van der Waals surface area contributed by atoms with Crippen LogP contribution in [0.25, 0.3) is 11.0 Å². The van der Waals surface area contributed by atoms with Gasteiger partial charge in [0.15, 0.2) is 17.6 Å². The number of benzene rings is 1. The van der Waals surface area contributed by atoms with Gasteiger partial charge < -0.3 is 20.9 Å². The average Bonchev–Trinajstić information content (AvgIpc) is 3.34. The number of ether oxygens (including phenoxy) is 1. The highest BCUT2D eigenvalue weighted by atomic mass is 32.2. The largest absolute Gasteiger partial charge is 0.463 e. The van der Waals surface area contributed by atoms with E-state index in [0.717, 1.165) is 6.07 Å². The third-order valence-electron chi connectivity index (χ3n) is 6.25. The molecule has 0 bridgehead atoms. The number of aliphatic hydroxyl groups is 1. The van der Waals surface area contributed by atoms with Crippen LogP contribution in [0.1, 0.15) is 12.5 Å². The Kier molecular flexibility index (Phi) is 5.30. The number of rotatable bonds is 6. The van der Waals surface area contributed by atoms with Crippen molar-refractivity contribution in [2.75, 3.05) is 18.5 Å². The van der Waals surface area contributed by atoms with Crippen LogP contribution < -0.4 is 15.8 Å². The molecule has 0 amide bonds. The fourth-order valence-electron chi connectivity index (χ4n) is 4.65. The molecule has 1 aliphatic heterocycles. The van der Waals surface area contributed by atoms with Crippen LogP contribution in [0.5, 0.6) is 5.88 Å². The zero-order chi connectivity index (χ0) is 25.0. The Bertz CT molecular complexity index is 1410. The number of nitrogens with zero attached hydrogens (tertiary/aromatic N) is 4. The molecule has 3 aromatic rings. The van der Waals surface area contributed by atoms with Crippen LogP contribution in [0.4, 0.5) is 24.7 Å². The van der Waals surface area contributed by atoms with Crippen molar-refractivity contribution in [3.05, 3.63) is 48.0 Å². The van der Waals surface area contributed by atoms with Gasteiger partial charge in [-0.25, -0.2) is 28.1 Å². The predicted molar refractivity (Wildman–Crippen MR) is 126 cm³/mol. The highest BCUT2D eigenvalue weighted by Gasteiger charge is 2.87. The Morgan fingerprint density at radius 2 is 2.11 bits per heavy atom. The van der Waals surface area contributed by atoms with E-state index in [-0.39, 0.29) is 23.2 Å². The summed E-state index contributed by atoms with van der Waals surface area (Å²) in [6.07, 6.45) is 8.09. The van der Waals surface area contributed by atoms with E-state index in [1.165, 1.54) is 31.5 Å². The lowest BCUT2D eigenvalue weighted by atomic mass is 9.85. The first-order chi connectivity index (χ1) is 16.7. The number of nitrogens with two attached hydrogens (primary N) is 1. The molecular weight excluding hydrogens is 481 g/mol. The first kappa shape index (κ1) is 23.2. The normalized spacial score (nSPS) is 26.4. The molecule has 3 atom stereocenters. The second-order valence-electron chi connectivity index (χ2n) is 8.35. The lowest BCUT2D eigenvalue weighted by molar-refractivity contribution is 0.0685. The number of anilines is 2. The summed E-state index contributed by atoms with van der Waals surface area (Å²) in [6, 6.07) is 5.61. The molecule has 8 nitrogen and oxygen atoms in total. The molecule has 4 N–H and O–H groups in total. The Balaban J connectivity index is 1.52. The van der Waals surface area contributed by atoms with Gasteiger partial charge in [0.05, 0.1) is 29.8 Å². The number of nitrogens with one attached hydrogen (secondary N) is 1. The molecule has 3 heterocycles. The standard InChI is InChI=1S/C23H19F3N6O2S/c1-3-8-34-16-10-29-17-15(31-16)6-7-28-18(17)30-12-4-5-14(24)13(9-12)21(2)19-22(11-33,23(19,25)26)35-20(27)32-21/h1,4-7,9-10,19,33H,8,11H2,2H3,(H2,27,32)(H,28,30)/t19-,21+,22+/m0/s1. The summed E-state index contributed by atoms with van der Waals surface area (Å²) in [7, 11) is 0. The monoisotopic (exact) mass is 500 g/mol. The second kappa shape index (κ2) is 8.00. The lowest BCUT2D eigenvalue weighted by Gasteiger charge is -2.32. The van der Waals surface area contributed by atoms with E-state index in [1.54, 1.807) is 6.07 Å². The maximum atomic E-state index is 15.0. The number of aliphatic hydroxyl groups excluding tert-OH is 1. The van der Waals surface area contributed by atoms with Gasteiger partial charge in [-0.2, -0.15) is 0 Å². The van der Waals surface area contributed by atoms with Crippen LogP contribution in [0.3, 0.4) is 0 Å². The third-order valence-corrected chi connectivity index (χ3v) is 7.55. The molecule has 2 aliphatic rings. The molecule has 0 unspecified atom stereocenters. The Morgan fingerprint density at radius 3 is 2.86 bits per heavy atom. The van der Waals surface area contributed by atoms with Gasteiger partial charge in [-0.05, 0) is 31.2 Å². The van der Waals surface area contributed by atoms with Crippen LogP contribution in [0.2, 0.25) is 0 Å². The number of fused-ring (bicyclic) bond motifs is 2. The van der Waals surface area contributed by atoms with E-state index in [4.69, 9.17) is 16.9 Å². The molecule has 2 aromatic heterocycles. The lowest BCUT2D eigenvalue weighted by Crippen LogP contribution is -2.37. The van der Waals surface area contributed by atoms with Crippen LogP contribution >= 0.6 is 11.8 Å². The maximum Gasteiger partial charge on any atom is 0.272 e. The minimum absolute atomic E-state index is 0.0383. The Morgan fingerprint density at radius 1 is 1.31 bits per heavy atom. The third kappa shape index (κ3) is 3.45. The van der Waals surface area contributed by atoms with Crippen molar-refractivity contribution in [1.82, 2.24) is 15.0 Å². The summed E-state index contributed by atoms with van der Waals surface area (Å²) in [6.45, 7) is 0.625. The number of aliphatic imine (C=N–C) groups is 1. The highest BCUT2D eigenvalue weighted by molar-refractivity contribution is 8.15. The van der Waals surface area contributed by atoms with Crippen LogP contribution in [-0.2, 0) is 5.54 Å². The summed E-state index contributed by atoms with van der Waals surface area (Å²) in [4.78, 5) is 17.1. The number of halogens is 3. The van der Waals surface area contributed by atoms with Gasteiger partial charge in [0.1, 0.15) is 16.1 Å². The second-order valence-corrected chi connectivity index (χ2v) is 9.70. The van der Waals surface area contributed by atoms with Gasteiger partial charge >= 0.3 is 0 Å². The Hall–Kier alpha value is -3.56. The number of pyridine rings is 1. The van der Waals surface area contributed by atoms with Crippen LogP contribution in [-0.4, -0.2) is 49.1 Å². The number of amidine groups is 1. The zero-order valence-corrected chi connectivity index (χ0v) is 19.1. The van der Waals surface area contributed by atoms with Crippen molar-refractivity contribution in [2.24, 2.45) is 16.6 Å². The molecule has 1 saturated carbocycles. The molecular formula is C23H19F3N6O2S. The van der Waals surface area contributed by atoms with E-state index >= 15 is 4.39 Å². The van der Waals surface area contributed by atoms with Crippen molar-refractivity contribution in [1.29, 1.82) is 0 Å². The van der Waals surface area contributed by atoms with Gasteiger partial charge in [0.2, 0.25) is 5.88 Å². The molecule has 1 aliphatic carbocycles. The van der Waals surface area contributed by atoms with E-state index < -0.39 is 34.6 Å². The van der Waals surface area contributed by atoms with Crippen molar-refractivity contribution >= 4 is 39.5 Å². The smallest absolute Gasteiger partial charge is 0.272 e. The van der Waals surface area contributed by atoms with Gasteiger partial charge in [-0.15, -0.1) is 6.42 Å². The quantitative estimate of drug-likeness (QED) is 0.442. The average molecular weight is 501 g/mol. The molecule has 1 aromatic carbocycles. The minimum atomic E-state index is -3.28. The van der Waals surface area contributed by atoms with Crippen molar-refractivity contribution in [3.8, 4) is 18.2 Å². The van der Waals surface area contributed by atoms with Gasteiger partial charge in [0.25, 0.3) is 5.92 Å². The van der Waals surface area contributed by atoms with Crippen LogP contribution in [0.15, 0.2) is 41.7 Å². The summed E-state index contributed by atoms with van der Waals surface area (Å²) < 4.78 is 48.2. The van der Waals surface area contributed by atoms with Crippen molar-refractivity contribution in [2.45, 2.75) is 23.1 Å². The van der Waals surface area contributed by atoms with E-state index in [0.29, 0.717) is 34.3 Å². The molecule has 180 valence electrons. The number of alkyl halides is 2. The first-order valence-corrected chi connectivity index (χ1v) is 11.3. The zero-order valence-electron chi connectivity index (χ0n) is 18.3. The number of terminal acetylenes is 1. The summed E-state index contributed by atoms with van der Waals surface area (Å²) in [5.41, 5.74) is 5.31. The fourth-order valence-corrected chi connectivity index (χ4v) is 6.01. The van der Waals surface area contributed by atoms with Gasteiger partial charge in [0, 0.05) is 17.4 Å². The fraction of sp³-hybridized carbons (Fsp3) is 0.304. The van der Waals surface area contributed by atoms with Crippen molar-refractivity contribution in [3.63, 3.8) is 0 Å². The molecule has 0 spiro atoms. The van der Waals surface area contributed by atoms with E-state index in [9.17, 15) is 13.9 Å². The molecule has 1 fully saturated rings. The summed E-state index contributed by atoms with van der Waals surface area (Å²) >= 11 is 0.630. The molecule has 0 saturated heterocycles. The van der Waals surface area contributed by atoms with Gasteiger partial charge in [-0.1, -0.05) is 17.7 Å². The molecule has 5 rings (SSSR count). The summed E-state index contributed by atoms with van der Waals surface area (Å²) in [5, 5.41) is 12.7. The molecule has 0 radical (unpaired) electrons. The SMILES string of the molecule is C#CCOc1cnc2c(Nc3ccc(F)c([C@@]4(C)N=C(N)S[C@]5(CO)[C@H]4C5(F)F)c3)nccc2n1. The van der Waals surface area contributed by atoms with E-state index in [1.807, 2.05) is 0 Å². The topological polar surface area (TPSA) is 119 Å². The number of aromatic nitrogens is 3. The van der Waals surface area contributed by atoms with Crippen LogP contribution in [0, 0.1) is 24.1 Å². The molecule has 35 heavy (non-hydrogen) atoms. The Labute approximate surface area is 202 Å². The number of hydrogen-bond acceptors (Lipinski definition) is 9. The maximum absolute atomic E-state index is 15.0.